The number of hydrogen-bond donors (Lipinski definition) is 2. The van der Waals surface area contributed by atoms with Crippen LogP contribution in [0.5, 0.6) is 0 Å². The van der Waals surface area contributed by atoms with Crippen LogP contribution in [-0.4, -0.2) is 52.2 Å². The van der Waals surface area contributed by atoms with Crippen LogP contribution in [0.2, 0.25) is 0 Å². The Balaban J connectivity index is 1.45. The largest absolute Gasteiger partial charge is 0.391 e. The summed E-state index contributed by atoms with van der Waals surface area (Å²) in [6.07, 6.45) is 9.35. The lowest BCUT2D eigenvalue weighted by molar-refractivity contribution is 0.104. The van der Waals surface area contributed by atoms with Gasteiger partial charge in [-0.25, -0.2) is 4.99 Å². The molecule has 0 saturated heterocycles. The minimum atomic E-state index is -0.391. The summed E-state index contributed by atoms with van der Waals surface area (Å²) in [5.41, 5.74) is 1.95. The number of hydrogen-bond acceptors (Lipinski definition) is 5. The molecule has 2 heterocycles. The van der Waals surface area contributed by atoms with E-state index in [9.17, 15) is 5.11 Å². The maximum absolute atomic E-state index is 10.5. The SMILES string of the molecule is CCCCCN1CN(CC(O)CCCCc2ccccc2)C=C2NC(Cl)N=C21. The van der Waals surface area contributed by atoms with E-state index in [-0.39, 0.29) is 6.10 Å². The molecule has 2 atom stereocenters. The van der Waals surface area contributed by atoms with Crippen molar-refractivity contribution in [2.75, 3.05) is 19.8 Å². The fraction of sp³-hybridized carbons (Fsp3) is 0.591. The molecule has 154 valence electrons. The summed E-state index contributed by atoms with van der Waals surface area (Å²) < 4.78 is 0. The molecule has 0 fully saturated rings. The summed E-state index contributed by atoms with van der Waals surface area (Å²) in [6, 6.07) is 10.6. The van der Waals surface area contributed by atoms with Crippen molar-refractivity contribution in [2.24, 2.45) is 4.99 Å². The first-order chi connectivity index (χ1) is 13.7. The lowest BCUT2D eigenvalue weighted by Crippen LogP contribution is -2.47. The molecule has 6 heteroatoms. The zero-order valence-corrected chi connectivity index (χ0v) is 17.6. The van der Waals surface area contributed by atoms with Crippen LogP contribution in [0.4, 0.5) is 0 Å². The predicted molar refractivity (Wildman–Crippen MR) is 116 cm³/mol. The number of nitrogens with one attached hydrogen (secondary N) is 1. The number of aliphatic hydroxyl groups is 1. The van der Waals surface area contributed by atoms with E-state index in [1.807, 2.05) is 6.07 Å². The molecular weight excluding hydrogens is 372 g/mol. The van der Waals surface area contributed by atoms with Crippen molar-refractivity contribution >= 4 is 17.4 Å². The summed E-state index contributed by atoms with van der Waals surface area (Å²) in [5.74, 6) is 0.963. The van der Waals surface area contributed by atoms with Gasteiger partial charge in [-0.2, -0.15) is 0 Å². The Morgan fingerprint density at radius 1 is 1.21 bits per heavy atom. The highest BCUT2D eigenvalue weighted by Gasteiger charge is 2.30. The molecule has 1 aromatic rings. The Labute approximate surface area is 174 Å². The van der Waals surface area contributed by atoms with Crippen LogP contribution in [0.1, 0.15) is 51.0 Å². The van der Waals surface area contributed by atoms with Crippen molar-refractivity contribution in [1.82, 2.24) is 15.1 Å². The van der Waals surface area contributed by atoms with Crippen molar-refractivity contribution in [2.45, 2.75) is 63.6 Å². The predicted octanol–water partition coefficient (Wildman–Crippen LogP) is 3.89. The number of alkyl halides is 1. The summed E-state index contributed by atoms with van der Waals surface area (Å²) in [4.78, 5) is 8.98. The molecule has 1 aromatic carbocycles. The van der Waals surface area contributed by atoms with Crippen molar-refractivity contribution in [3.8, 4) is 0 Å². The van der Waals surface area contributed by atoms with E-state index < -0.39 is 5.62 Å². The van der Waals surface area contributed by atoms with Crippen LogP contribution in [-0.2, 0) is 6.42 Å². The maximum atomic E-state index is 10.5. The second-order valence-corrected chi connectivity index (χ2v) is 8.16. The number of nitrogens with zero attached hydrogens (tertiary/aromatic N) is 3. The van der Waals surface area contributed by atoms with E-state index in [1.54, 1.807) is 0 Å². The van der Waals surface area contributed by atoms with Gasteiger partial charge in [0.2, 0.25) is 0 Å². The fourth-order valence-corrected chi connectivity index (χ4v) is 4.02. The second-order valence-electron chi connectivity index (χ2n) is 7.74. The normalized spacial score (nSPS) is 19.8. The summed E-state index contributed by atoms with van der Waals surface area (Å²) >= 11 is 6.17. The molecule has 3 rings (SSSR count). The molecule has 0 amide bonds. The first-order valence-corrected chi connectivity index (χ1v) is 11.0. The average Bonchev–Trinajstić information content (AvgIpc) is 3.06. The summed E-state index contributed by atoms with van der Waals surface area (Å²) in [5, 5.41) is 13.7. The van der Waals surface area contributed by atoms with Gasteiger partial charge in [0.05, 0.1) is 18.5 Å². The van der Waals surface area contributed by atoms with Crippen molar-refractivity contribution < 1.29 is 5.11 Å². The summed E-state index contributed by atoms with van der Waals surface area (Å²) in [6.45, 7) is 4.59. The van der Waals surface area contributed by atoms with Crippen LogP contribution in [0, 0.1) is 0 Å². The van der Waals surface area contributed by atoms with E-state index in [1.165, 1.54) is 18.4 Å². The van der Waals surface area contributed by atoms with Crippen molar-refractivity contribution in [3.63, 3.8) is 0 Å². The molecule has 0 radical (unpaired) electrons. The zero-order chi connectivity index (χ0) is 19.8. The number of aliphatic hydroxyl groups excluding tert-OH is 1. The third-order valence-corrected chi connectivity index (χ3v) is 5.49. The molecule has 2 N–H and O–H groups in total. The Bertz CT molecular complexity index is 664. The molecule has 2 aliphatic rings. The molecule has 0 spiro atoms. The van der Waals surface area contributed by atoms with Crippen LogP contribution >= 0.6 is 11.6 Å². The molecule has 28 heavy (non-hydrogen) atoms. The van der Waals surface area contributed by atoms with Gasteiger partial charge in [0, 0.05) is 19.3 Å². The van der Waals surface area contributed by atoms with Crippen LogP contribution < -0.4 is 5.32 Å². The third kappa shape index (κ3) is 6.14. The smallest absolute Gasteiger partial charge is 0.197 e. The van der Waals surface area contributed by atoms with E-state index in [0.29, 0.717) is 6.54 Å². The number of halogens is 1. The van der Waals surface area contributed by atoms with Gasteiger partial charge in [-0.15, -0.1) is 0 Å². The molecule has 2 unspecified atom stereocenters. The number of benzene rings is 1. The molecule has 0 aromatic heterocycles. The quantitative estimate of drug-likeness (QED) is 0.334. The highest BCUT2D eigenvalue weighted by Crippen LogP contribution is 2.21. The topological polar surface area (TPSA) is 51.1 Å². The van der Waals surface area contributed by atoms with Gasteiger partial charge in [-0.05, 0) is 31.2 Å². The number of aliphatic imine (C=N–C) groups is 1. The first kappa shape index (κ1) is 21.0. The molecular formula is C22H33ClN4O. The minimum absolute atomic E-state index is 0.322. The number of β-amino-alcohol motifs (C(OH)–C–C–N with tert-alkyl or cyclic N) is 1. The number of amidine groups is 1. The van der Waals surface area contributed by atoms with Gasteiger partial charge in [-0.3, -0.25) is 0 Å². The van der Waals surface area contributed by atoms with Gasteiger partial charge in [0.1, 0.15) is 0 Å². The standard InChI is InChI=1S/C22H33ClN4O/c1-2-3-9-14-27-17-26(16-20-21(27)25-22(23)24-20)15-19(28)13-8-7-12-18-10-5-4-6-11-18/h4-6,10-11,16,19,22,24,28H,2-3,7-9,12-15,17H2,1H3. The van der Waals surface area contributed by atoms with Crippen LogP contribution in [0.25, 0.3) is 0 Å². The molecule has 2 aliphatic heterocycles. The first-order valence-electron chi connectivity index (χ1n) is 10.6. The molecule has 5 nitrogen and oxygen atoms in total. The highest BCUT2D eigenvalue weighted by atomic mass is 35.5. The highest BCUT2D eigenvalue weighted by molar-refractivity contribution is 6.22. The Kier molecular flexibility index (Phi) is 8.04. The van der Waals surface area contributed by atoms with Gasteiger partial charge in [-0.1, -0.05) is 68.1 Å². The molecule has 0 bridgehead atoms. The summed E-state index contributed by atoms with van der Waals surface area (Å²) in [7, 11) is 0. The van der Waals surface area contributed by atoms with Gasteiger partial charge >= 0.3 is 0 Å². The van der Waals surface area contributed by atoms with E-state index in [4.69, 9.17) is 11.6 Å². The maximum Gasteiger partial charge on any atom is 0.197 e. The number of fused-ring (bicyclic) bond motifs is 1. The number of unbranched alkanes of at least 4 members (excludes halogenated alkanes) is 3. The van der Waals surface area contributed by atoms with E-state index >= 15 is 0 Å². The Morgan fingerprint density at radius 2 is 2.04 bits per heavy atom. The number of rotatable bonds is 11. The van der Waals surface area contributed by atoms with Crippen LogP contribution in [0.3, 0.4) is 0 Å². The molecule has 0 aliphatic carbocycles. The average molecular weight is 405 g/mol. The second kappa shape index (κ2) is 10.7. The van der Waals surface area contributed by atoms with Gasteiger partial charge in [0.25, 0.3) is 0 Å². The molecule has 0 saturated carbocycles. The minimum Gasteiger partial charge on any atom is -0.391 e. The third-order valence-electron chi connectivity index (χ3n) is 5.29. The lowest BCUT2D eigenvalue weighted by Gasteiger charge is -2.36. The Hall–Kier alpha value is -1.72. The monoisotopic (exact) mass is 404 g/mol. The lowest BCUT2D eigenvalue weighted by atomic mass is 10.1. The van der Waals surface area contributed by atoms with Crippen LogP contribution in [0.15, 0.2) is 47.2 Å². The van der Waals surface area contributed by atoms with Gasteiger partial charge < -0.3 is 20.2 Å². The van der Waals surface area contributed by atoms with Gasteiger partial charge in [0.15, 0.2) is 11.5 Å². The Morgan fingerprint density at radius 3 is 2.82 bits per heavy atom. The zero-order valence-electron chi connectivity index (χ0n) is 16.9. The van der Waals surface area contributed by atoms with Crippen molar-refractivity contribution in [3.05, 3.63) is 47.8 Å². The van der Waals surface area contributed by atoms with Crippen molar-refractivity contribution in [1.29, 1.82) is 0 Å². The number of aryl methyl sites for hydroxylation is 1. The van der Waals surface area contributed by atoms with E-state index in [2.05, 4.69) is 57.5 Å². The van der Waals surface area contributed by atoms with E-state index in [0.717, 1.165) is 56.9 Å². The fourth-order valence-electron chi connectivity index (χ4n) is 3.81.